The first kappa shape index (κ1) is 19.2. The largest absolute Gasteiger partial charge is 0.496 e. The lowest BCUT2D eigenvalue weighted by molar-refractivity contribution is -0.118. The highest BCUT2D eigenvalue weighted by atomic mass is 16.5. The number of rotatable bonds is 6. The maximum absolute atomic E-state index is 11.8. The molecule has 0 N–H and O–H groups in total. The fraction of sp³-hybridized carbons (Fsp3) is 0.480. The molecule has 0 radical (unpaired) electrons. The van der Waals surface area contributed by atoms with Crippen molar-refractivity contribution in [3.63, 3.8) is 0 Å². The second-order valence-corrected chi connectivity index (χ2v) is 8.45. The van der Waals surface area contributed by atoms with Gasteiger partial charge < -0.3 is 9.64 Å². The minimum atomic E-state index is 0.383. The molecule has 2 aliphatic rings. The Labute approximate surface area is 168 Å². The van der Waals surface area contributed by atoms with Crippen LogP contribution in [0.3, 0.4) is 0 Å². The molecule has 0 heterocycles. The number of benzene rings is 2. The van der Waals surface area contributed by atoms with Gasteiger partial charge in [0.1, 0.15) is 11.5 Å². The zero-order chi connectivity index (χ0) is 19.5. The molecule has 0 aromatic heterocycles. The topological polar surface area (TPSA) is 29.5 Å². The number of fused-ring (bicyclic) bond motifs is 2. The van der Waals surface area contributed by atoms with E-state index < -0.39 is 0 Å². The average molecular weight is 378 g/mol. The number of hydrogen-bond acceptors (Lipinski definition) is 3. The molecule has 2 aromatic carbocycles. The molecule has 4 rings (SSSR count). The minimum Gasteiger partial charge on any atom is -0.496 e. The summed E-state index contributed by atoms with van der Waals surface area (Å²) in [6, 6.07) is 13.3. The van der Waals surface area contributed by atoms with Crippen molar-refractivity contribution in [2.24, 2.45) is 0 Å². The number of carbonyl (C=O) groups is 1. The molecular weight excluding hydrogens is 346 g/mol. The molecule has 3 nitrogen and oxygen atoms in total. The van der Waals surface area contributed by atoms with Crippen LogP contribution in [0.1, 0.15) is 53.0 Å². The van der Waals surface area contributed by atoms with Gasteiger partial charge in [-0.05, 0) is 79.0 Å². The number of aryl methyl sites for hydroxylation is 1. The molecule has 28 heavy (non-hydrogen) atoms. The standard InChI is InChI=1S/C25H31NO2/c1-26(14-13-18-9-10-19-11-12-22(27)16-21(19)15-18)17-20-5-3-7-24-23(20)6-4-8-25(24)28-2/h4,6,8-10,15,20H,3,5,7,11-14,16-17H2,1-2H3. The average Bonchev–Trinajstić information content (AvgIpc) is 2.71. The van der Waals surface area contributed by atoms with Crippen LogP contribution in [0.5, 0.6) is 5.75 Å². The summed E-state index contributed by atoms with van der Waals surface area (Å²) in [4.78, 5) is 14.2. The predicted octanol–water partition coefficient (Wildman–Crippen LogP) is 4.35. The molecule has 0 saturated carbocycles. The van der Waals surface area contributed by atoms with E-state index in [9.17, 15) is 4.79 Å². The summed E-state index contributed by atoms with van der Waals surface area (Å²) in [5.41, 5.74) is 6.86. The predicted molar refractivity (Wildman–Crippen MR) is 113 cm³/mol. The maximum Gasteiger partial charge on any atom is 0.137 e. The Hall–Kier alpha value is -2.13. The number of ketones is 1. The van der Waals surface area contributed by atoms with Crippen LogP contribution >= 0.6 is 0 Å². The maximum atomic E-state index is 11.8. The second-order valence-electron chi connectivity index (χ2n) is 8.45. The highest BCUT2D eigenvalue weighted by molar-refractivity contribution is 5.83. The van der Waals surface area contributed by atoms with Crippen molar-refractivity contribution in [3.8, 4) is 5.75 Å². The Kier molecular flexibility index (Phi) is 5.82. The number of hydrogen-bond donors (Lipinski definition) is 0. The molecule has 0 amide bonds. The summed E-state index contributed by atoms with van der Waals surface area (Å²) in [6.45, 7) is 2.13. The van der Waals surface area contributed by atoms with Gasteiger partial charge in [0.2, 0.25) is 0 Å². The monoisotopic (exact) mass is 377 g/mol. The number of ether oxygens (including phenoxy) is 1. The molecule has 3 heteroatoms. The smallest absolute Gasteiger partial charge is 0.137 e. The normalized spacial score (nSPS) is 18.7. The lowest BCUT2D eigenvalue weighted by Crippen LogP contribution is -2.28. The summed E-state index contributed by atoms with van der Waals surface area (Å²) < 4.78 is 5.59. The lowest BCUT2D eigenvalue weighted by Gasteiger charge is -2.30. The fourth-order valence-electron chi connectivity index (χ4n) is 4.90. The van der Waals surface area contributed by atoms with Gasteiger partial charge in [-0.25, -0.2) is 0 Å². The van der Waals surface area contributed by atoms with Gasteiger partial charge in [0, 0.05) is 25.9 Å². The third kappa shape index (κ3) is 4.15. The lowest BCUT2D eigenvalue weighted by atomic mass is 9.82. The van der Waals surface area contributed by atoms with Crippen molar-refractivity contribution in [2.45, 2.75) is 50.9 Å². The van der Waals surface area contributed by atoms with E-state index in [1.54, 1.807) is 7.11 Å². The Bertz CT molecular complexity index is 858. The van der Waals surface area contributed by atoms with Crippen LogP contribution in [-0.2, 0) is 30.5 Å². The fourth-order valence-corrected chi connectivity index (χ4v) is 4.90. The molecule has 0 fully saturated rings. The van der Waals surface area contributed by atoms with Gasteiger partial charge in [-0.2, -0.15) is 0 Å². The van der Waals surface area contributed by atoms with Gasteiger partial charge in [-0.15, -0.1) is 0 Å². The van der Waals surface area contributed by atoms with Crippen LogP contribution in [0, 0.1) is 0 Å². The number of Topliss-reactive ketones (excluding diaryl/α,β-unsaturated/α-hetero) is 1. The van der Waals surface area contributed by atoms with Gasteiger partial charge in [0.15, 0.2) is 0 Å². The van der Waals surface area contributed by atoms with E-state index in [1.807, 2.05) is 0 Å². The Balaban J connectivity index is 1.38. The molecule has 0 spiro atoms. The molecule has 0 bridgehead atoms. The van der Waals surface area contributed by atoms with Crippen molar-refractivity contribution in [1.82, 2.24) is 4.90 Å². The second kappa shape index (κ2) is 8.48. The van der Waals surface area contributed by atoms with E-state index in [1.165, 1.54) is 40.7 Å². The van der Waals surface area contributed by atoms with E-state index in [0.29, 0.717) is 24.5 Å². The molecular formula is C25H31NO2. The van der Waals surface area contributed by atoms with Gasteiger partial charge in [-0.3, -0.25) is 4.79 Å². The molecule has 1 atom stereocenters. The van der Waals surface area contributed by atoms with Crippen molar-refractivity contribution < 1.29 is 9.53 Å². The van der Waals surface area contributed by atoms with E-state index in [4.69, 9.17) is 4.74 Å². The number of methoxy groups -OCH3 is 1. The van der Waals surface area contributed by atoms with E-state index in [0.717, 1.165) is 38.1 Å². The first-order valence-electron chi connectivity index (χ1n) is 10.6. The number of nitrogens with zero attached hydrogens (tertiary/aromatic N) is 1. The Morgan fingerprint density at radius 1 is 1.11 bits per heavy atom. The Morgan fingerprint density at radius 2 is 2.00 bits per heavy atom. The highest BCUT2D eigenvalue weighted by Crippen LogP contribution is 2.36. The van der Waals surface area contributed by atoms with Crippen molar-refractivity contribution in [1.29, 1.82) is 0 Å². The first-order valence-corrected chi connectivity index (χ1v) is 10.6. The first-order chi connectivity index (χ1) is 13.6. The molecule has 1 unspecified atom stereocenters. The highest BCUT2D eigenvalue weighted by Gasteiger charge is 2.23. The third-order valence-corrected chi connectivity index (χ3v) is 6.45. The van der Waals surface area contributed by atoms with E-state index in [-0.39, 0.29) is 0 Å². The van der Waals surface area contributed by atoms with Crippen molar-refractivity contribution in [2.75, 3.05) is 27.2 Å². The van der Waals surface area contributed by atoms with Crippen molar-refractivity contribution >= 4 is 5.78 Å². The van der Waals surface area contributed by atoms with Crippen LogP contribution in [0.2, 0.25) is 0 Å². The molecule has 2 aromatic rings. The SMILES string of the molecule is COc1cccc2c1CCCC2CN(C)CCc1ccc2c(c1)CC(=O)CC2. The van der Waals surface area contributed by atoms with Crippen LogP contribution in [-0.4, -0.2) is 37.9 Å². The summed E-state index contributed by atoms with van der Waals surface area (Å²) in [6.07, 6.45) is 6.92. The molecule has 148 valence electrons. The summed E-state index contributed by atoms with van der Waals surface area (Å²) >= 11 is 0. The van der Waals surface area contributed by atoms with Crippen LogP contribution in [0.25, 0.3) is 0 Å². The van der Waals surface area contributed by atoms with Gasteiger partial charge >= 0.3 is 0 Å². The minimum absolute atomic E-state index is 0.383. The summed E-state index contributed by atoms with van der Waals surface area (Å²) in [5, 5.41) is 0. The molecule has 0 aliphatic heterocycles. The van der Waals surface area contributed by atoms with Crippen LogP contribution in [0.4, 0.5) is 0 Å². The van der Waals surface area contributed by atoms with Crippen LogP contribution < -0.4 is 4.74 Å². The van der Waals surface area contributed by atoms with Gasteiger partial charge in [0.25, 0.3) is 0 Å². The van der Waals surface area contributed by atoms with Crippen LogP contribution in [0.15, 0.2) is 36.4 Å². The molecule has 2 aliphatic carbocycles. The quantitative estimate of drug-likeness (QED) is 0.750. The van der Waals surface area contributed by atoms with Crippen molar-refractivity contribution in [3.05, 3.63) is 64.2 Å². The van der Waals surface area contributed by atoms with E-state index in [2.05, 4.69) is 48.3 Å². The summed E-state index contributed by atoms with van der Waals surface area (Å²) in [7, 11) is 4.01. The number of carbonyl (C=O) groups excluding carboxylic acids is 1. The summed E-state index contributed by atoms with van der Waals surface area (Å²) in [5.74, 6) is 2.02. The van der Waals surface area contributed by atoms with Gasteiger partial charge in [-0.1, -0.05) is 30.3 Å². The molecule has 0 saturated heterocycles. The zero-order valence-corrected chi connectivity index (χ0v) is 17.2. The van der Waals surface area contributed by atoms with E-state index >= 15 is 0 Å². The Morgan fingerprint density at radius 3 is 2.86 bits per heavy atom. The van der Waals surface area contributed by atoms with Gasteiger partial charge in [0.05, 0.1) is 7.11 Å². The number of likely N-dealkylation sites (N-methyl/N-ethyl adjacent to an activating group) is 1. The third-order valence-electron chi connectivity index (χ3n) is 6.45. The zero-order valence-electron chi connectivity index (χ0n) is 17.2.